The highest BCUT2D eigenvalue weighted by atomic mass is 32.1. The van der Waals surface area contributed by atoms with Gasteiger partial charge in [0.25, 0.3) is 0 Å². The van der Waals surface area contributed by atoms with Gasteiger partial charge in [0.1, 0.15) is 10.7 Å². The fourth-order valence-corrected chi connectivity index (χ4v) is 2.06. The van der Waals surface area contributed by atoms with E-state index in [1.807, 2.05) is 38.1 Å². The number of nitrogens with one attached hydrogen (secondary N) is 1. The van der Waals surface area contributed by atoms with Crippen molar-refractivity contribution in [3.8, 4) is 5.75 Å². The molecule has 5 nitrogen and oxygen atoms in total. The smallest absolute Gasteiger partial charge is 0.163 e. The minimum atomic E-state index is 0.302. The van der Waals surface area contributed by atoms with Gasteiger partial charge in [0.2, 0.25) is 0 Å². The lowest BCUT2D eigenvalue weighted by Crippen LogP contribution is -2.16. The molecule has 104 valence electrons. The lowest BCUT2D eigenvalue weighted by atomic mass is 10.1. The van der Waals surface area contributed by atoms with Crippen LogP contribution in [0.1, 0.15) is 16.8 Å². The lowest BCUT2D eigenvalue weighted by Gasteiger charge is -2.13. The summed E-state index contributed by atoms with van der Waals surface area (Å²) < 4.78 is 5.12. The van der Waals surface area contributed by atoms with Gasteiger partial charge in [0.05, 0.1) is 18.4 Å². The first-order chi connectivity index (χ1) is 9.52. The molecule has 0 radical (unpaired) electrons. The summed E-state index contributed by atoms with van der Waals surface area (Å²) in [7, 11) is 1.63. The zero-order valence-electron chi connectivity index (χ0n) is 11.6. The van der Waals surface area contributed by atoms with Gasteiger partial charge in [-0.1, -0.05) is 12.2 Å². The summed E-state index contributed by atoms with van der Waals surface area (Å²) in [6, 6.07) is 7.49. The van der Waals surface area contributed by atoms with Crippen molar-refractivity contribution in [3.63, 3.8) is 0 Å². The summed E-state index contributed by atoms with van der Waals surface area (Å²) in [5.74, 6) is 1.35. The molecule has 2 aromatic rings. The van der Waals surface area contributed by atoms with E-state index in [4.69, 9.17) is 22.7 Å². The van der Waals surface area contributed by atoms with Crippen LogP contribution in [0.15, 0.2) is 24.3 Å². The first kappa shape index (κ1) is 14.2. The van der Waals surface area contributed by atoms with E-state index in [1.165, 1.54) is 0 Å². The number of methoxy groups -OCH3 is 1. The van der Waals surface area contributed by atoms with Gasteiger partial charge in [0.15, 0.2) is 5.82 Å². The predicted octanol–water partition coefficient (Wildman–Crippen LogP) is 2.48. The van der Waals surface area contributed by atoms with Gasteiger partial charge in [-0.25, -0.2) is 0 Å². The first-order valence-corrected chi connectivity index (χ1v) is 6.48. The number of aromatic nitrogens is 2. The highest BCUT2D eigenvalue weighted by Gasteiger charge is 2.13. The zero-order valence-corrected chi connectivity index (χ0v) is 12.4. The molecule has 0 aliphatic carbocycles. The number of nitrogens with zero attached hydrogens (tertiary/aromatic N) is 2. The molecule has 0 saturated carbocycles. The van der Waals surface area contributed by atoms with E-state index in [9.17, 15) is 0 Å². The Bertz CT molecular complexity index is 640. The molecular weight excluding hydrogens is 272 g/mol. The number of nitrogens with two attached hydrogens (primary N) is 1. The van der Waals surface area contributed by atoms with Gasteiger partial charge in [-0.15, -0.1) is 5.10 Å². The van der Waals surface area contributed by atoms with Gasteiger partial charge in [0, 0.05) is 5.69 Å². The molecule has 0 saturated heterocycles. The number of aryl methyl sites for hydroxylation is 1. The molecule has 0 aliphatic heterocycles. The third-order valence-corrected chi connectivity index (χ3v) is 3.26. The summed E-state index contributed by atoms with van der Waals surface area (Å²) in [4.78, 5) is 0.302. The van der Waals surface area contributed by atoms with Crippen LogP contribution in [0.3, 0.4) is 0 Å². The molecule has 6 heteroatoms. The van der Waals surface area contributed by atoms with Gasteiger partial charge < -0.3 is 15.8 Å². The van der Waals surface area contributed by atoms with Crippen molar-refractivity contribution >= 4 is 28.7 Å². The van der Waals surface area contributed by atoms with Gasteiger partial charge in [-0.2, -0.15) is 5.10 Å². The third kappa shape index (κ3) is 2.85. The normalized spacial score (nSPS) is 10.2. The van der Waals surface area contributed by atoms with Crippen molar-refractivity contribution in [2.24, 2.45) is 5.73 Å². The summed E-state index contributed by atoms with van der Waals surface area (Å²) in [5, 5.41) is 11.4. The van der Waals surface area contributed by atoms with E-state index >= 15 is 0 Å². The zero-order chi connectivity index (χ0) is 14.7. The van der Waals surface area contributed by atoms with Crippen LogP contribution < -0.4 is 15.8 Å². The molecule has 20 heavy (non-hydrogen) atoms. The van der Waals surface area contributed by atoms with Crippen LogP contribution in [0.25, 0.3) is 0 Å². The summed E-state index contributed by atoms with van der Waals surface area (Å²) in [6.45, 7) is 3.80. The number of ether oxygens (including phenoxy) is 1. The number of hydrogen-bond donors (Lipinski definition) is 2. The monoisotopic (exact) mass is 288 g/mol. The van der Waals surface area contributed by atoms with E-state index < -0.39 is 0 Å². The number of thiocarbonyl (C=S) groups is 1. The summed E-state index contributed by atoms with van der Waals surface area (Å²) in [6.07, 6.45) is 0. The van der Waals surface area contributed by atoms with Gasteiger partial charge >= 0.3 is 0 Å². The largest absolute Gasteiger partial charge is 0.497 e. The third-order valence-electron chi connectivity index (χ3n) is 3.05. The molecule has 1 heterocycles. The lowest BCUT2D eigenvalue weighted by molar-refractivity contribution is 0.415. The van der Waals surface area contributed by atoms with E-state index in [-0.39, 0.29) is 0 Å². The van der Waals surface area contributed by atoms with Crippen molar-refractivity contribution in [1.29, 1.82) is 0 Å². The van der Waals surface area contributed by atoms with Gasteiger partial charge in [-0.05, 0) is 43.7 Å². The van der Waals surface area contributed by atoms with Crippen molar-refractivity contribution in [2.45, 2.75) is 13.8 Å². The Hall–Kier alpha value is -2.21. The maximum absolute atomic E-state index is 5.79. The molecule has 1 aromatic heterocycles. The topological polar surface area (TPSA) is 73.1 Å². The van der Waals surface area contributed by atoms with Crippen molar-refractivity contribution in [1.82, 2.24) is 10.2 Å². The Balaban J connectivity index is 2.37. The standard InChI is InChI=1S/C14H16N4OS/c1-8-9(2)17-18-14(12(8)13(15)20)16-10-4-6-11(19-3)7-5-10/h4-7H,1-3H3,(H2,15,20)(H,16,18). The van der Waals surface area contributed by atoms with Gasteiger partial charge in [-0.3, -0.25) is 0 Å². The molecule has 0 unspecified atom stereocenters. The summed E-state index contributed by atoms with van der Waals surface area (Å²) >= 11 is 5.10. The Kier molecular flexibility index (Phi) is 4.14. The second-order valence-corrected chi connectivity index (χ2v) is 4.79. The number of anilines is 2. The maximum Gasteiger partial charge on any atom is 0.163 e. The van der Waals surface area contributed by atoms with Crippen LogP contribution in [0, 0.1) is 13.8 Å². The van der Waals surface area contributed by atoms with Crippen LogP contribution in [0.5, 0.6) is 5.75 Å². The van der Waals surface area contributed by atoms with Crippen molar-refractivity contribution in [2.75, 3.05) is 12.4 Å². The van der Waals surface area contributed by atoms with Crippen molar-refractivity contribution < 1.29 is 4.74 Å². The van der Waals surface area contributed by atoms with Crippen LogP contribution in [0.4, 0.5) is 11.5 Å². The Morgan fingerprint density at radius 1 is 1.20 bits per heavy atom. The van der Waals surface area contributed by atoms with Crippen LogP contribution >= 0.6 is 12.2 Å². The maximum atomic E-state index is 5.79. The Labute approximate surface area is 123 Å². The van der Waals surface area contributed by atoms with E-state index in [0.29, 0.717) is 10.8 Å². The molecule has 0 fully saturated rings. The number of benzene rings is 1. The van der Waals surface area contributed by atoms with E-state index in [2.05, 4.69) is 15.5 Å². The Morgan fingerprint density at radius 2 is 1.85 bits per heavy atom. The van der Waals surface area contributed by atoms with E-state index in [0.717, 1.165) is 28.3 Å². The highest BCUT2D eigenvalue weighted by molar-refractivity contribution is 7.80. The molecule has 0 aliphatic rings. The first-order valence-electron chi connectivity index (χ1n) is 6.07. The average Bonchev–Trinajstić information content (AvgIpc) is 2.43. The van der Waals surface area contributed by atoms with Crippen LogP contribution in [0.2, 0.25) is 0 Å². The molecular formula is C14H16N4OS. The molecule has 0 atom stereocenters. The average molecular weight is 288 g/mol. The fourth-order valence-electron chi connectivity index (χ4n) is 1.81. The molecule has 3 N–H and O–H groups in total. The number of rotatable bonds is 4. The SMILES string of the molecule is COc1ccc(Nc2nnc(C)c(C)c2C(N)=S)cc1. The second kappa shape index (κ2) is 5.83. The van der Waals surface area contributed by atoms with E-state index in [1.54, 1.807) is 7.11 Å². The number of hydrogen-bond acceptors (Lipinski definition) is 5. The molecule has 1 aromatic carbocycles. The summed E-state index contributed by atoms with van der Waals surface area (Å²) in [5.41, 5.74) is 9.12. The second-order valence-electron chi connectivity index (χ2n) is 4.35. The van der Waals surface area contributed by atoms with Crippen LogP contribution in [-0.4, -0.2) is 22.3 Å². The highest BCUT2D eigenvalue weighted by Crippen LogP contribution is 2.23. The predicted molar refractivity (Wildman–Crippen MR) is 83.7 cm³/mol. The quantitative estimate of drug-likeness (QED) is 0.842. The Morgan fingerprint density at radius 3 is 2.40 bits per heavy atom. The fraction of sp³-hybridized carbons (Fsp3) is 0.214. The minimum Gasteiger partial charge on any atom is -0.497 e. The molecule has 2 rings (SSSR count). The molecule has 0 bridgehead atoms. The minimum absolute atomic E-state index is 0.302. The molecule has 0 amide bonds. The van der Waals surface area contributed by atoms with Crippen LogP contribution in [-0.2, 0) is 0 Å². The van der Waals surface area contributed by atoms with Crippen molar-refractivity contribution in [3.05, 3.63) is 41.1 Å². The molecule has 0 spiro atoms.